The van der Waals surface area contributed by atoms with Crippen molar-refractivity contribution >= 4 is 5.78 Å². The minimum Gasteiger partial charge on any atom is -0.376 e. The second-order valence-corrected chi connectivity index (χ2v) is 16.2. The lowest BCUT2D eigenvalue weighted by Gasteiger charge is -2.30. The molecule has 0 N–H and O–H groups in total. The highest BCUT2D eigenvalue weighted by atomic mass is 16.5. The van der Waals surface area contributed by atoms with Crippen molar-refractivity contribution in [3.05, 3.63) is 62.0 Å². The van der Waals surface area contributed by atoms with E-state index in [9.17, 15) is 4.79 Å². The van der Waals surface area contributed by atoms with E-state index < -0.39 is 0 Å². The topological polar surface area (TPSA) is 74.2 Å². The van der Waals surface area contributed by atoms with Gasteiger partial charge in [-0.25, -0.2) is 9.97 Å². The second kappa shape index (κ2) is 12.8. The molecule has 4 aliphatic carbocycles. The fraction of sp³-hybridized carbons (Fsp3) is 0.610. The van der Waals surface area contributed by atoms with E-state index in [1.54, 1.807) is 0 Å². The Morgan fingerprint density at radius 1 is 0.553 bits per heavy atom. The van der Waals surface area contributed by atoms with E-state index in [4.69, 9.17) is 24.4 Å². The summed E-state index contributed by atoms with van der Waals surface area (Å²) in [5.41, 5.74) is 16.6. The largest absolute Gasteiger partial charge is 0.376 e. The molecule has 250 valence electrons. The maximum absolute atomic E-state index is 13.3. The third kappa shape index (κ3) is 6.70. The van der Waals surface area contributed by atoms with Gasteiger partial charge in [-0.05, 0) is 176 Å². The smallest absolute Gasteiger partial charge is 0.181 e. The van der Waals surface area contributed by atoms with Crippen LogP contribution in [0.15, 0.2) is 6.07 Å². The number of pyridine rings is 3. The Hall–Kier alpha value is -2.96. The van der Waals surface area contributed by atoms with Crippen LogP contribution in [0.25, 0.3) is 22.8 Å². The van der Waals surface area contributed by atoms with E-state index in [-0.39, 0.29) is 17.0 Å². The lowest BCUT2D eigenvalue weighted by atomic mass is 9.79. The van der Waals surface area contributed by atoms with Crippen molar-refractivity contribution in [2.24, 2.45) is 0 Å². The molecule has 0 saturated carbocycles. The number of Topliss-reactive ketones (excluding diaryl/α,β-unsaturated/α-hetero) is 1. The van der Waals surface area contributed by atoms with Gasteiger partial charge in [0.2, 0.25) is 0 Å². The number of ketones is 1. The molecule has 3 heterocycles. The Morgan fingerprint density at radius 3 is 1.68 bits per heavy atom. The number of carbonyl (C=O) groups is 1. The Morgan fingerprint density at radius 2 is 1.06 bits per heavy atom. The second-order valence-electron chi connectivity index (χ2n) is 16.2. The number of hydrogen-bond acceptors (Lipinski definition) is 6. The molecule has 0 radical (unpaired) electrons. The molecule has 0 aliphatic heterocycles. The van der Waals surface area contributed by atoms with Gasteiger partial charge in [0.1, 0.15) is 5.69 Å². The van der Waals surface area contributed by atoms with Crippen LogP contribution in [0.1, 0.15) is 141 Å². The first-order valence-corrected chi connectivity index (χ1v) is 18.4. The Kier molecular flexibility index (Phi) is 8.88. The van der Waals surface area contributed by atoms with Gasteiger partial charge < -0.3 is 9.47 Å². The number of aryl methyl sites for hydroxylation is 3. The maximum Gasteiger partial charge on any atom is 0.181 e. The van der Waals surface area contributed by atoms with Crippen molar-refractivity contribution in [2.75, 3.05) is 13.2 Å². The molecule has 0 atom stereocenters. The van der Waals surface area contributed by atoms with Crippen LogP contribution in [0.5, 0.6) is 0 Å². The molecule has 3 aromatic heterocycles. The van der Waals surface area contributed by atoms with E-state index >= 15 is 0 Å². The summed E-state index contributed by atoms with van der Waals surface area (Å²) in [6.07, 6.45) is 14.9. The van der Waals surface area contributed by atoms with Crippen LogP contribution in [0.4, 0.5) is 0 Å². The fourth-order valence-electron chi connectivity index (χ4n) is 8.33. The number of nitrogens with zero attached hydrogens (tertiary/aromatic N) is 3. The maximum atomic E-state index is 13.3. The Labute approximate surface area is 281 Å². The van der Waals surface area contributed by atoms with Crippen molar-refractivity contribution in [3.8, 4) is 22.8 Å². The molecule has 0 saturated heterocycles. The zero-order chi connectivity index (χ0) is 32.9. The first-order chi connectivity index (χ1) is 22.5. The van der Waals surface area contributed by atoms with Gasteiger partial charge >= 0.3 is 0 Å². The first kappa shape index (κ1) is 32.6. The molecule has 0 spiro atoms. The third-order valence-corrected chi connectivity index (χ3v) is 10.4. The van der Waals surface area contributed by atoms with Crippen LogP contribution >= 0.6 is 0 Å². The van der Waals surface area contributed by atoms with Crippen LogP contribution in [-0.4, -0.2) is 45.2 Å². The molecular formula is C41H53N3O3. The van der Waals surface area contributed by atoms with Gasteiger partial charge in [-0.3, -0.25) is 9.78 Å². The highest BCUT2D eigenvalue weighted by Gasteiger charge is 2.33. The van der Waals surface area contributed by atoms with Crippen molar-refractivity contribution in [3.63, 3.8) is 0 Å². The van der Waals surface area contributed by atoms with Gasteiger partial charge in [0.15, 0.2) is 5.78 Å². The third-order valence-electron chi connectivity index (χ3n) is 10.4. The van der Waals surface area contributed by atoms with Crippen molar-refractivity contribution < 1.29 is 14.3 Å². The lowest BCUT2D eigenvalue weighted by Crippen LogP contribution is -2.23. The minimum absolute atomic E-state index is 0.118. The molecule has 4 aliphatic rings. The molecule has 3 aromatic rings. The molecule has 0 fully saturated rings. The Balaban J connectivity index is 1.29. The summed E-state index contributed by atoms with van der Waals surface area (Å²) >= 11 is 0. The van der Waals surface area contributed by atoms with E-state index in [2.05, 4.69) is 47.6 Å². The predicted molar refractivity (Wildman–Crippen MR) is 187 cm³/mol. The average molecular weight is 636 g/mol. The number of carbonyl (C=O) groups excluding carboxylic acids is 1. The van der Waals surface area contributed by atoms with Gasteiger partial charge in [0.25, 0.3) is 0 Å². The molecule has 0 amide bonds. The highest BCUT2D eigenvalue weighted by molar-refractivity contribution is 5.98. The van der Waals surface area contributed by atoms with E-state index in [1.807, 2.05) is 0 Å². The Bertz CT molecular complexity index is 1710. The number of hydrogen-bond donors (Lipinski definition) is 0. The van der Waals surface area contributed by atoms with Crippen LogP contribution < -0.4 is 0 Å². The zero-order valence-electron chi connectivity index (χ0n) is 29.7. The van der Waals surface area contributed by atoms with Gasteiger partial charge in [-0.15, -0.1) is 0 Å². The standard InChI is InChI=1S/C41H53N3O3/c1-40(2,3)46-22-10-14-27-29-12-7-8-16-33(29)42-38-31(27)20-18-25-24-26-19-21-32-28(15-11-23-47-41(4,5)6)30-13-9-17-34(45)37(30)44-39(32)36(26)43-35(25)38/h24H,7-23H2,1-6H3. The molecule has 0 unspecified atom stereocenters. The molecule has 7 rings (SSSR count). The summed E-state index contributed by atoms with van der Waals surface area (Å²) in [5.74, 6) is 0.185. The minimum atomic E-state index is -0.154. The first-order valence-electron chi connectivity index (χ1n) is 18.4. The van der Waals surface area contributed by atoms with Crippen molar-refractivity contribution in [1.82, 2.24) is 15.0 Å². The summed E-state index contributed by atoms with van der Waals surface area (Å²) in [6, 6.07) is 2.40. The molecule has 6 nitrogen and oxygen atoms in total. The molecule has 6 heteroatoms. The molecule has 47 heavy (non-hydrogen) atoms. The van der Waals surface area contributed by atoms with Gasteiger partial charge in [0, 0.05) is 25.3 Å². The zero-order valence-corrected chi connectivity index (χ0v) is 29.7. The lowest BCUT2D eigenvalue weighted by molar-refractivity contribution is -0.00423. The van der Waals surface area contributed by atoms with Crippen LogP contribution in [0, 0.1) is 0 Å². The van der Waals surface area contributed by atoms with E-state index in [1.165, 1.54) is 63.0 Å². The van der Waals surface area contributed by atoms with Crippen LogP contribution in [0.3, 0.4) is 0 Å². The summed E-state index contributed by atoms with van der Waals surface area (Å²) < 4.78 is 12.2. The molecule has 0 aromatic carbocycles. The summed E-state index contributed by atoms with van der Waals surface area (Å²) in [5, 5.41) is 0. The van der Waals surface area contributed by atoms with Gasteiger partial charge in [-0.2, -0.15) is 0 Å². The van der Waals surface area contributed by atoms with Crippen LogP contribution in [-0.2, 0) is 67.3 Å². The normalized spacial score (nSPS) is 16.9. The molecule has 0 bridgehead atoms. The van der Waals surface area contributed by atoms with Gasteiger partial charge in [0.05, 0.1) is 34.0 Å². The van der Waals surface area contributed by atoms with Crippen molar-refractivity contribution in [1.29, 1.82) is 0 Å². The van der Waals surface area contributed by atoms with E-state index in [0.29, 0.717) is 18.7 Å². The highest BCUT2D eigenvalue weighted by Crippen LogP contribution is 2.43. The fourth-order valence-corrected chi connectivity index (χ4v) is 8.33. The van der Waals surface area contributed by atoms with E-state index in [0.717, 1.165) is 106 Å². The summed E-state index contributed by atoms with van der Waals surface area (Å²) in [6.45, 7) is 14.2. The SMILES string of the molecule is CC(C)(C)OCCCc1c2c(nc3c1CCc1cc4c(nc1-3)-c1nc3c(c(CCCOC(C)(C)C)c1CC4)CCCC3=O)CCCC2. The molecular weight excluding hydrogens is 582 g/mol. The number of aromatic nitrogens is 3. The summed E-state index contributed by atoms with van der Waals surface area (Å²) in [4.78, 5) is 29.4. The summed E-state index contributed by atoms with van der Waals surface area (Å²) in [7, 11) is 0. The van der Waals surface area contributed by atoms with Crippen molar-refractivity contribution in [2.45, 2.75) is 149 Å². The quantitative estimate of drug-likeness (QED) is 0.232. The average Bonchev–Trinajstić information content (AvgIpc) is 3.02. The monoisotopic (exact) mass is 635 g/mol. The number of fused-ring (bicyclic) bond motifs is 8. The van der Waals surface area contributed by atoms with Crippen LogP contribution in [0.2, 0.25) is 0 Å². The van der Waals surface area contributed by atoms with Gasteiger partial charge in [-0.1, -0.05) is 6.07 Å². The number of rotatable bonds is 8. The number of ether oxygens (including phenoxy) is 2. The predicted octanol–water partition coefficient (Wildman–Crippen LogP) is 8.30.